The molecular weight excluding hydrogens is 281 g/mol. The van der Waals surface area contributed by atoms with Gasteiger partial charge in [-0.1, -0.05) is 32.8 Å². The van der Waals surface area contributed by atoms with Gasteiger partial charge >= 0.3 is 0 Å². The summed E-state index contributed by atoms with van der Waals surface area (Å²) in [5.74, 6) is 0.775. The first kappa shape index (κ1) is 16.5. The maximum Gasteiger partial charge on any atom is 0.244 e. The number of halogens is 1. The molecule has 4 heteroatoms. The van der Waals surface area contributed by atoms with Crippen LogP contribution >= 0.6 is 0 Å². The van der Waals surface area contributed by atoms with E-state index in [0.29, 0.717) is 17.4 Å². The number of rotatable bonds is 4. The van der Waals surface area contributed by atoms with E-state index >= 15 is 0 Å². The summed E-state index contributed by atoms with van der Waals surface area (Å²) >= 11 is 0. The molecule has 1 aliphatic carbocycles. The van der Waals surface area contributed by atoms with E-state index in [2.05, 4.69) is 19.2 Å². The van der Waals surface area contributed by atoms with Crippen LogP contribution in [0.5, 0.6) is 5.75 Å². The first-order valence-corrected chi connectivity index (χ1v) is 7.83. The first-order chi connectivity index (χ1) is 10.5. The monoisotopic (exact) mass is 305 g/mol. The summed E-state index contributed by atoms with van der Waals surface area (Å²) in [6.07, 6.45) is 6.50. The molecular formula is C18H24FNO2. The zero-order valence-corrected chi connectivity index (χ0v) is 13.4. The molecule has 3 atom stereocenters. The molecule has 1 amide bonds. The topological polar surface area (TPSA) is 38.3 Å². The minimum absolute atomic E-state index is 0.123. The van der Waals surface area contributed by atoms with Crippen LogP contribution in [-0.2, 0) is 4.79 Å². The number of amides is 1. The second kappa shape index (κ2) is 7.43. The minimum Gasteiger partial charge on any atom is -0.494 e. The number of ether oxygens (including phenoxy) is 1. The SMILES string of the molecule is COc1ccc(/C=C/C(=O)N[C@@H]2CCC[C@@H](C)[C@@H]2C)cc1F. The zero-order valence-electron chi connectivity index (χ0n) is 13.4. The Morgan fingerprint density at radius 2 is 2.14 bits per heavy atom. The Balaban J connectivity index is 1.95. The number of benzene rings is 1. The Kier molecular flexibility index (Phi) is 5.58. The van der Waals surface area contributed by atoms with Gasteiger partial charge in [0.2, 0.25) is 5.91 Å². The van der Waals surface area contributed by atoms with Crippen LogP contribution < -0.4 is 10.1 Å². The third kappa shape index (κ3) is 4.09. The van der Waals surface area contributed by atoms with Crippen molar-refractivity contribution in [3.8, 4) is 5.75 Å². The second-order valence-electron chi connectivity index (χ2n) is 6.11. The highest BCUT2D eigenvalue weighted by Crippen LogP contribution is 2.29. The van der Waals surface area contributed by atoms with E-state index < -0.39 is 5.82 Å². The molecule has 3 nitrogen and oxygen atoms in total. The van der Waals surface area contributed by atoms with Crippen molar-refractivity contribution in [2.45, 2.75) is 39.2 Å². The van der Waals surface area contributed by atoms with Crippen LogP contribution in [0.3, 0.4) is 0 Å². The van der Waals surface area contributed by atoms with Gasteiger partial charge in [-0.2, -0.15) is 0 Å². The molecule has 0 radical (unpaired) electrons. The molecule has 0 bridgehead atoms. The number of hydrogen-bond acceptors (Lipinski definition) is 2. The van der Waals surface area contributed by atoms with Gasteiger partial charge in [0, 0.05) is 12.1 Å². The van der Waals surface area contributed by atoms with Crippen molar-refractivity contribution in [3.63, 3.8) is 0 Å². The third-order valence-electron chi connectivity index (χ3n) is 4.64. The van der Waals surface area contributed by atoms with E-state index in [4.69, 9.17) is 4.74 Å². The molecule has 2 rings (SSSR count). The maximum absolute atomic E-state index is 13.6. The lowest BCUT2D eigenvalue weighted by molar-refractivity contribution is -0.117. The Morgan fingerprint density at radius 1 is 1.36 bits per heavy atom. The van der Waals surface area contributed by atoms with Crippen molar-refractivity contribution >= 4 is 12.0 Å². The van der Waals surface area contributed by atoms with Crippen molar-refractivity contribution < 1.29 is 13.9 Å². The van der Waals surface area contributed by atoms with Crippen LogP contribution in [0, 0.1) is 17.7 Å². The fourth-order valence-electron chi connectivity index (χ4n) is 2.97. The molecule has 0 aliphatic heterocycles. The van der Waals surface area contributed by atoms with Gasteiger partial charge in [0.15, 0.2) is 11.6 Å². The Labute approximate surface area is 131 Å². The van der Waals surface area contributed by atoms with Crippen LogP contribution in [0.4, 0.5) is 4.39 Å². The van der Waals surface area contributed by atoms with E-state index in [0.717, 1.165) is 12.8 Å². The lowest BCUT2D eigenvalue weighted by Gasteiger charge is -2.34. The smallest absolute Gasteiger partial charge is 0.244 e. The standard InChI is InChI=1S/C18H24FNO2/c1-12-5-4-6-16(13(12)2)20-18(21)10-8-14-7-9-17(22-3)15(19)11-14/h7-13,16H,4-6H2,1-3H3,(H,20,21)/b10-8+/t12-,13+,16-/m1/s1. The zero-order chi connectivity index (χ0) is 16.1. The van der Waals surface area contributed by atoms with Crippen molar-refractivity contribution in [1.29, 1.82) is 0 Å². The van der Waals surface area contributed by atoms with Crippen molar-refractivity contribution in [1.82, 2.24) is 5.32 Å². The molecule has 0 heterocycles. The predicted molar refractivity (Wildman–Crippen MR) is 86.1 cm³/mol. The van der Waals surface area contributed by atoms with Crippen LogP contribution in [0.25, 0.3) is 6.08 Å². The Morgan fingerprint density at radius 3 is 2.82 bits per heavy atom. The van der Waals surface area contributed by atoms with Crippen LogP contribution in [-0.4, -0.2) is 19.1 Å². The molecule has 0 unspecified atom stereocenters. The predicted octanol–water partition coefficient (Wildman–Crippen LogP) is 3.79. The number of nitrogens with one attached hydrogen (secondary N) is 1. The van der Waals surface area contributed by atoms with E-state index in [9.17, 15) is 9.18 Å². The first-order valence-electron chi connectivity index (χ1n) is 7.83. The number of carbonyl (C=O) groups is 1. The van der Waals surface area contributed by atoms with Gasteiger partial charge in [-0.05, 0) is 42.0 Å². The molecule has 1 saturated carbocycles. The lowest BCUT2D eigenvalue weighted by Crippen LogP contribution is -2.43. The van der Waals surface area contributed by atoms with Crippen LogP contribution in [0.1, 0.15) is 38.7 Å². The molecule has 1 aliphatic rings. The summed E-state index contributed by atoms with van der Waals surface area (Å²) in [5.41, 5.74) is 0.638. The summed E-state index contributed by atoms with van der Waals surface area (Å²) in [7, 11) is 1.42. The van der Waals surface area contributed by atoms with Gasteiger partial charge in [-0.3, -0.25) is 4.79 Å². The lowest BCUT2D eigenvalue weighted by atomic mass is 9.78. The fourth-order valence-corrected chi connectivity index (χ4v) is 2.97. The molecule has 1 aromatic rings. The van der Waals surface area contributed by atoms with Gasteiger partial charge in [-0.25, -0.2) is 4.39 Å². The average molecular weight is 305 g/mol. The number of hydrogen-bond donors (Lipinski definition) is 1. The molecule has 1 N–H and O–H groups in total. The number of carbonyl (C=O) groups excluding carboxylic acids is 1. The normalized spacial score (nSPS) is 25.2. The summed E-state index contributed by atoms with van der Waals surface area (Å²) in [5, 5.41) is 3.06. The molecule has 120 valence electrons. The molecule has 0 saturated heterocycles. The summed E-state index contributed by atoms with van der Waals surface area (Å²) in [6.45, 7) is 4.43. The third-order valence-corrected chi connectivity index (χ3v) is 4.64. The van der Waals surface area contributed by atoms with E-state index in [1.807, 2.05) is 0 Å². The molecule has 22 heavy (non-hydrogen) atoms. The van der Waals surface area contributed by atoms with Crippen molar-refractivity contribution in [3.05, 3.63) is 35.7 Å². The van der Waals surface area contributed by atoms with Crippen LogP contribution in [0.15, 0.2) is 24.3 Å². The van der Waals surface area contributed by atoms with Gasteiger partial charge in [-0.15, -0.1) is 0 Å². The Hall–Kier alpha value is -1.84. The van der Waals surface area contributed by atoms with Gasteiger partial charge < -0.3 is 10.1 Å². The van der Waals surface area contributed by atoms with Gasteiger partial charge in [0.05, 0.1) is 7.11 Å². The van der Waals surface area contributed by atoms with Crippen LogP contribution in [0.2, 0.25) is 0 Å². The molecule has 1 fully saturated rings. The highest BCUT2D eigenvalue weighted by atomic mass is 19.1. The number of methoxy groups -OCH3 is 1. The maximum atomic E-state index is 13.6. The largest absolute Gasteiger partial charge is 0.494 e. The van der Waals surface area contributed by atoms with Gasteiger partial charge in [0.25, 0.3) is 0 Å². The van der Waals surface area contributed by atoms with E-state index in [1.54, 1.807) is 18.2 Å². The Bertz CT molecular complexity index is 556. The highest BCUT2D eigenvalue weighted by molar-refractivity contribution is 5.91. The highest BCUT2D eigenvalue weighted by Gasteiger charge is 2.27. The summed E-state index contributed by atoms with van der Waals surface area (Å²) in [6, 6.07) is 4.86. The van der Waals surface area contributed by atoms with Gasteiger partial charge in [0.1, 0.15) is 0 Å². The summed E-state index contributed by atoms with van der Waals surface area (Å²) in [4.78, 5) is 12.0. The van der Waals surface area contributed by atoms with E-state index in [-0.39, 0.29) is 17.7 Å². The molecule has 0 aromatic heterocycles. The van der Waals surface area contributed by atoms with Crippen molar-refractivity contribution in [2.75, 3.05) is 7.11 Å². The molecule has 0 spiro atoms. The quantitative estimate of drug-likeness (QED) is 0.860. The average Bonchev–Trinajstić information content (AvgIpc) is 2.50. The van der Waals surface area contributed by atoms with E-state index in [1.165, 1.54) is 25.7 Å². The molecule has 1 aromatic carbocycles. The summed E-state index contributed by atoms with van der Waals surface area (Å²) < 4.78 is 18.5. The van der Waals surface area contributed by atoms with Crippen molar-refractivity contribution in [2.24, 2.45) is 11.8 Å². The fraction of sp³-hybridized carbons (Fsp3) is 0.500. The minimum atomic E-state index is -0.431. The second-order valence-corrected chi connectivity index (χ2v) is 6.11.